The van der Waals surface area contributed by atoms with Crippen molar-refractivity contribution in [2.45, 2.75) is 0 Å². The average Bonchev–Trinajstić information content (AvgIpc) is 2.51. The van der Waals surface area contributed by atoms with Crippen LogP contribution in [0.15, 0.2) is 35.4 Å². The third-order valence-corrected chi connectivity index (χ3v) is 4.61. The molecule has 1 fully saturated rings. The highest BCUT2D eigenvalue weighted by Crippen LogP contribution is 2.25. The maximum atomic E-state index is 11.7. The van der Waals surface area contributed by atoms with E-state index in [0.29, 0.717) is 3.57 Å². The zero-order chi connectivity index (χ0) is 14.8. The molecule has 3 rings (SSSR count). The second-order valence-electron chi connectivity index (χ2n) is 4.90. The summed E-state index contributed by atoms with van der Waals surface area (Å²) in [6.07, 6.45) is 1.46. The maximum absolute atomic E-state index is 11.7. The molecule has 21 heavy (non-hydrogen) atoms. The van der Waals surface area contributed by atoms with Gasteiger partial charge in [0.15, 0.2) is 0 Å². The summed E-state index contributed by atoms with van der Waals surface area (Å²) in [6.45, 7) is 3.36. The second kappa shape index (κ2) is 5.92. The molecule has 1 aromatic carbocycles. The number of hydrogen-bond donors (Lipinski definition) is 2. The van der Waals surface area contributed by atoms with E-state index >= 15 is 0 Å². The van der Waals surface area contributed by atoms with Crippen LogP contribution in [0.1, 0.15) is 0 Å². The minimum atomic E-state index is -0.0877. The zero-order valence-electron chi connectivity index (χ0n) is 11.4. The Bertz CT molecular complexity index is 694. The number of aromatic nitrogens is 2. The monoisotopic (exact) mass is 397 g/mol. The van der Waals surface area contributed by atoms with Crippen LogP contribution in [-0.4, -0.2) is 36.1 Å². The van der Waals surface area contributed by atoms with E-state index < -0.39 is 0 Å². The molecule has 0 atom stereocenters. The molecule has 2 aromatic rings. The average molecular weight is 397 g/mol. The SMILES string of the molecule is Nc1ccccc1N1CCN(c2nc[nH]c(=O)c2I)CC1. The summed E-state index contributed by atoms with van der Waals surface area (Å²) in [4.78, 5) is 23.0. The van der Waals surface area contributed by atoms with Crippen molar-refractivity contribution in [2.75, 3.05) is 41.7 Å². The predicted molar refractivity (Wildman–Crippen MR) is 92.9 cm³/mol. The molecule has 0 spiro atoms. The summed E-state index contributed by atoms with van der Waals surface area (Å²) in [5.74, 6) is 0.764. The van der Waals surface area contributed by atoms with Crippen LogP contribution in [-0.2, 0) is 0 Å². The highest BCUT2D eigenvalue weighted by Gasteiger charge is 2.21. The van der Waals surface area contributed by atoms with Gasteiger partial charge in [-0.1, -0.05) is 12.1 Å². The number of halogens is 1. The van der Waals surface area contributed by atoms with E-state index in [1.54, 1.807) is 0 Å². The van der Waals surface area contributed by atoms with Crippen molar-refractivity contribution >= 4 is 39.8 Å². The molecule has 1 aliphatic rings. The number of nitrogens with two attached hydrogens (primary N) is 1. The Morgan fingerprint density at radius 3 is 2.52 bits per heavy atom. The first-order chi connectivity index (χ1) is 10.2. The fourth-order valence-electron chi connectivity index (χ4n) is 2.53. The van der Waals surface area contributed by atoms with Crippen LogP contribution in [0.4, 0.5) is 17.2 Å². The van der Waals surface area contributed by atoms with Gasteiger partial charge in [-0.25, -0.2) is 4.98 Å². The Morgan fingerprint density at radius 2 is 1.81 bits per heavy atom. The van der Waals surface area contributed by atoms with E-state index in [9.17, 15) is 4.79 Å². The lowest BCUT2D eigenvalue weighted by Gasteiger charge is -2.37. The minimum absolute atomic E-state index is 0.0877. The molecule has 1 aliphatic heterocycles. The fraction of sp³-hybridized carbons (Fsp3) is 0.286. The molecule has 0 amide bonds. The molecule has 0 saturated carbocycles. The normalized spacial score (nSPS) is 15.3. The molecule has 2 heterocycles. The maximum Gasteiger partial charge on any atom is 0.266 e. The van der Waals surface area contributed by atoms with E-state index in [0.717, 1.165) is 43.4 Å². The van der Waals surface area contributed by atoms with Gasteiger partial charge in [0.2, 0.25) is 0 Å². The fourth-order valence-corrected chi connectivity index (χ4v) is 3.16. The summed E-state index contributed by atoms with van der Waals surface area (Å²) in [7, 11) is 0. The minimum Gasteiger partial charge on any atom is -0.397 e. The lowest BCUT2D eigenvalue weighted by molar-refractivity contribution is 0.645. The van der Waals surface area contributed by atoms with Gasteiger partial charge in [0.05, 0.1) is 17.7 Å². The van der Waals surface area contributed by atoms with Crippen molar-refractivity contribution in [3.05, 3.63) is 44.5 Å². The molecule has 1 aromatic heterocycles. The van der Waals surface area contributed by atoms with Crippen molar-refractivity contribution in [3.63, 3.8) is 0 Å². The first-order valence-electron chi connectivity index (χ1n) is 6.74. The third-order valence-electron chi connectivity index (χ3n) is 3.63. The van der Waals surface area contributed by atoms with Crippen LogP contribution in [0.25, 0.3) is 0 Å². The van der Waals surface area contributed by atoms with Crippen LogP contribution in [0, 0.1) is 3.57 Å². The van der Waals surface area contributed by atoms with Gasteiger partial charge in [0, 0.05) is 26.2 Å². The number of anilines is 3. The summed E-state index contributed by atoms with van der Waals surface area (Å²) in [5, 5.41) is 0. The number of nitrogens with zero attached hydrogens (tertiary/aromatic N) is 3. The number of nitrogens with one attached hydrogen (secondary N) is 1. The van der Waals surface area contributed by atoms with Crippen molar-refractivity contribution in [1.29, 1.82) is 0 Å². The number of rotatable bonds is 2. The Balaban J connectivity index is 1.75. The van der Waals surface area contributed by atoms with Crippen molar-refractivity contribution in [1.82, 2.24) is 9.97 Å². The number of aromatic amines is 1. The van der Waals surface area contributed by atoms with Gasteiger partial charge in [-0.05, 0) is 34.7 Å². The van der Waals surface area contributed by atoms with Gasteiger partial charge in [-0.15, -0.1) is 0 Å². The van der Waals surface area contributed by atoms with E-state index in [2.05, 4.69) is 19.8 Å². The molecule has 0 unspecified atom stereocenters. The second-order valence-corrected chi connectivity index (χ2v) is 5.98. The zero-order valence-corrected chi connectivity index (χ0v) is 13.6. The van der Waals surface area contributed by atoms with Crippen molar-refractivity contribution in [2.24, 2.45) is 0 Å². The van der Waals surface area contributed by atoms with Crippen molar-refractivity contribution in [3.8, 4) is 0 Å². The Morgan fingerprint density at radius 1 is 1.14 bits per heavy atom. The lowest BCUT2D eigenvalue weighted by atomic mass is 10.2. The molecular weight excluding hydrogens is 381 g/mol. The van der Waals surface area contributed by atoms with Crippen LogP contribution >= 0.6 is 22.6 Å². The standard InChI is InChI=1S/C14H16IN5O/c15-12-13(17-9-18-14(12)21)20-7-5-19(6-8-20)11-4-2-1-3-10(11)16/h1-4,9H,5-8,16H2,(H,17,18,21). The van der Waals surface area contributed by atoms with Gasteiger partial charge in [-0.3, -0.25) is 4.79 Å². The van der Waals surface area contributed by atoms with Gasteiger partial charge in [0.1, 0.15) is 9.39 Å². The van der Waals surface area contributed by atoms with E-state index in [-0.39, 0.29) is 5.56 Å². The molecule has 3 N–H and O–H groups in total. The molecule has 6 nitrogen and oxygen atoms in total. The molecule has 7 heteroatoms. The molecule has 0 bridgehead atoms. The van der Waals surface area contributed by atoms with E-state index in [4.69, 9.17) is 5.73 Å². The van der Waals surface area contributed by atoms with Crippen LogP contribution in [0.5, 0.6) is 0 Å². The summed E-state index contributed by atoms with van der Waals surface area (Å²) < 4.78 is 0.641. The van der Waals surface area contributed by atoms with E-state index in [1.807, 2.05) is 46.9 Å². The highest BCUT2D eigenvalue weighted by molar-refractivity contribution is 14.1. The number of H-pyrrole nitrogens is 1. The lowest BCUT2D eigenvalue weighted by Crippen LogP contribution is -2.47. The molecule has 0 radical (unpaired) electrons. The Kier molecular flexibility index (Phi) is 4.00. The first kappa shape index (κ1) is 14.2. The third kappa shape index (κ3) is 2.82. The topological polar surface area (TPSA) is 78.2 Å². The predicted octanol–water partition coefficient (Wildman–Crippen LogP) is 1.28. The van der Waals surface area contributed by atoms with Gasteiger partial charge in [-0.2, -0.15) is 0 Å². The molecule has 110 valence electrons. The number of para-hydroxylation sites is 2. The van der Waals surface area contributed by atoms with Gasteiger partial charge in [0.25, 0.3) is 5.56 Å². The van der Waals surface area contributed by atoms with Crippen LogP contribution < -0.4 is 21.1 Å². The smallest absolute Gasteiger partial charge is 0.266 e. The number of piperazine rings is 1. The first-order valence-corrected chi connectivity index (χ1v) is 7.82. The molecule has 0 aliphatic carbocycles. The number of benzene rings is 1. The van der Waals surface area contributed by atoms with Crippen molar-refractivity contribution < 1.29 is 0 Å². The van der Waals surface area contributed by atoms with Gasteiger partial charge < -0.3 is 20.5 Å². The summed E-state index contributed by atoms with van der Waals surface area (Å²) in [5.41, 5.74) is 7.81. The Labute approximate surface area is 136 Å². The molecule has 1 saturated heterocycles. The largest absolute Gasteiger partial charge is 0.397 e. The van der Waals surface area contributed by atoms with Crippen LogP contribution in [0.3, 0.4) is 0 Å². The molecular formula is C14H16IN5O. The number of hydrogen-bond acceptors (Lipinski definition) is 5. The summed E-state index contributed by atoms with van der Waals surface area (Å²) >= 11 is 2.05. The Hall–Kier alpha value is -1.77. The quantitative estimate of drug-likeness (QED) is 0.590. The summed E-state index contributed by atoms with van der Waals surface area (Å²) in [6, 6.07) is 7.90. The van der Waals surface area contributed by atoms with E-state index in [1.165, 1.54) is 6.33 Å². The van der Waals surface area contributed by atoms with Gasteiger partial charge >= 0.3 is 0 Å². The van der Waals surface area contributed by atoms with Crippen LogP contribution in [0.2, 0.25) is 0 Å². The highest BCUT2D eigenvalue weighted by atomic mass is 127. The number of nitrogen functional groups attached to an aromatic ring is 1.